The summed E-state index contributed by atoms with van der Waals surface area (Å²) in [5.74, 6) is 1.32. The van der Waals surface area contributed by atoms with Crippen LogP contribution in [0.15, 0.2) is 18.2 Å². The van der Waals surface area contributed by atoms with Gasteiger partial charge in [0.25, 0.3) is 0 Å². The van der Waals surface area contributed by atoms with Crippen LogP contribution in [0.5, 0.6) is 5.75 Å². The first-order valence-electron chi connectivity index (χ1n) is 12.3. The smallest absolute Gasteiger partial charge is 0.233 e. The van der Waals surface area contributed by atoms with Crippen molar-refractivity contribution in [1.82, 2.24) is 20.3 Å². The minimum absolute atomic E-state index is 0.176. The number of aliphatic hydroxyl groups is 1. The van der Waals surface area contributed by atoms with Gasteiger partial charge in [-0.05, 0) is 63.1 Å². The van der Waals surface area contributed by atoms with Crippen molar-refractivity contribution in [2.45, 2.75) is 70.1 Å². The van der Waals surface area contributed by atoms with E-state index >= 15 is 0 Å². The van der Waals surface area contributed by atoms with Gasteiger partial charge in [-0.15, -0.1) is 0 Å². The Hall–Kier alpha value is -2.72. The highest BCUT2D eigenvalue weighted by molar-refractivity contribution is 5.57. The normalized spacial score (nSPS) is 23.4. The lowest BCUT2D eigenvalue weighted by molar-refractivity contribution is 0.104. The van der Waals surface area contributed by atoms with E-state index in [4.69, 9.17) is 4.74 Å². The van der Waals surface area contributed by atoms with Gasteiger partial charge < -0.3 is 31.1 Å². The molecule has 2 aliphatic rings. The van der Waals surface area contributed by atoms with Crippen molar-refractivity contribution in [2.24, 2.45) is 5.92 Å². The fraction of sp³-hybridized carbons (Fsp3) is 0.625. The second kappa shape index (κ2) is 11.6. The highest BCUT2D eigenvalue weighted by Crippen LogP contribution is 2.26. The van der Waals surface area contributed by atoms with Crippen LogP contribution in [0.25, 0.3) is 0 Å². The quantitative estimate of drug-likeness (QED) is 0.352. The summed E-state index contributed by atoms with van der Waals surface area (Å²) in [6.45, 7) is 3.85. The molecule has 1 aromatic heterocycles. The number of hydrogen-bond acceptors (Lipinski definition) is 9. The van der Waals surface area contributed by atoms with Gasteiger partial charge in [0.15, 0.2) is 11.6 Å². The van der Waals surface area contributed by atoms with Crippen molar-refractivity contribution < 1.29 is 14.2 Å². The van der Waals surface area contributed by atoms with E-state index in [2.05, 4.69) is 43.1 Å². The maximum Gasteiger partial charge on any atom is 0.233 e. The number of halogens is 1. The van der Waals surface area contributed by atoms with Crippen LogP contribution in [0.3, 0.4) is 0 Å². The molecule has 10 heteroatoms. The molecule has 2 aromatic rings. The predicted molar refractivity (Wildman–Crippen MR) is 131 cm³/mol. The van der Waals surface area contributed by atoms with Crippen molar-refractivity contribution in [1.29, 1.82) is 0 Å². The lowest BCUT2D eigenvalue weighted by Gasteiger charge is -2.26. The maximum absolute atomic E-state index is 14.2. The van der Waals surface area contributed by atoms with Crippen LogP contribution in [0.2, 0.25) is 0 Å². The van der Waals surface area contributed by atoms with E-state index in [9.17, 15) is 9.50 Å². The number of rotatable bonds is 10. The molecule has 9 nitrogen and oxygen atoms in total. The van der Waals surface area contributed by atoms with Crippen LogP contribution in [-0.2, 0) is 0 Å². The highest BCUT2D eigenvalue weighted by atomic mass is 19.1. The summed E-state index contributed by atoms with van der Waals surface area (Å²) in [5.41, 5.74) is 0.515. The van der Waals surface area contributed by atoms with Gasteiger partial charge >= 0.3 is 0 Å². The van der Waals surface area contributed by atoms with Gasteiger partial charge in [0.05, 0.1) is 13.2 Å². The first-order valence-corrected chi connectivity index (χ1v) is 12.3. The second-order valence-electron chi connectivity index (χ2n) is 9.21. The van der Waals surface area contributed by atoms with E-state index in [0.29, 0.717) is 42.0 Å². The zero-order valence-corrected chi connectivity index (χ0v) is 20.0. The molecule has 0 bridgehead atoms. The molecule has 1 saturated heterocycles. The van der Waals surface area contributed by atoms with Crippen molar-refractivity contribution >= 4 is 23.5 Å². The number of hydrogen-bond donors (Lipinski definition) is 5. The van der Waals surface area contributed by atoms with Crippen molar-refractivity contribution in [3.05, 3.63) is 24.0 Å². The largest absolute Gasteiger partial charge is 0.494 e. The monoisotopic (exact) mass is 473 g/mol. The zero-order valence-electron chi connectivity index (χ0n) is 20.0. The standard InChI is InChI=1S/C24H36FN7O2/c1-3-19(20-8-5-11-26-20)29-24-31-22(27-14-15-6-4-7-17(33)12-15)30-23(32-24)28-16-9-10-21(34-2)18(25)13-16/h9-10,13,15,17,19-20,26,33H,3-8,11-12,14H2,1-2H3,(H3,27,28,29,30,31,32). The lowest BCUT2D eigenvalue weighted by Crippen LogP contribution is -2.40. The van der Waals surface area contributed by atoms with Crippen LogP contribution >= 0.6 is 0 Å². The Morgan fingerprint density at radius 1 is 1.15 bits per heavy atom. The van der Waals surface area contributed by atoms with Crippen LogP contribution in [0, 0.1) is 11.7 Å². The molecule has 1 aliphatic carbocycles. The molecule has 34 heavy (non-hydrogen) atoms. The summed E-state index contributed by atoms with van der Waals surface area (Å²) >= 11 is 0. The van der Waals surface area contributed by atoms with Gasteiger partial charge in [-0.3, -0.25) is 0 Å². The zero-order chi connectivity index (χ0) is 23.9. The molecule has 1 aliphatic heterocycles. The Kier molecular flexibility index (Phi) is 8.34. The molecule has 4 unspecified atom stereocenters. The van der Waals surface area contributed by atoms with E-state index in [1.54, 1.807) is 12.1 Å². The van der Waals surface area contributed by atoms with Gasteiger partial charge in [0, 0.05) is 30.4 Å². The Morgan fingerprint density at radius 2 is 1.97 bits per heavy atom. The molecule has 0 spiro atoms. The number of ether oxygens (including phenoxy) is 1. The topological polar surface area (TPSA) is 116 Å². The molecular formula is C24H36FN7O2. The number of nitrogens with zero attached hydrogens (tertiary/aromatic N) is 3. The predicted octanol–water partition coefficient (Wildman–Crippen LogP) is 3.67. The molecule has 0 radical (unpaired) electrons. The van der Waals surface area contributed by atoms with Gasteiger partial charge in [0.2, 0.25) is 17.8 Å². The van der Waals surface area contributed by atoms with Crippen molar-refractivity contribution in [2.75, 3.05) is 36.1 Å². The molecule has 2 fully saturated rings. The fourth-order valence-electron chi connectivity index (χ4n) is 4.84. The van der Waals surface area contributed by atoms with Crippen molar-refractivity contribution in [3.8, 4) is 5.75 Å². The average Bonchev–Trinajstić information content (AvgIpc) is 3.36. The highest BCUT2D eigenvalue weighted by Gasteiger charge is 2.25. The first-order chi connectivity index (χ1) is 16.5. The Labute approximate surface area is 200 Å². The SMILES string of the molecule is CCC(Nc1nc(NCC2CCCC(O)C2)nc(Nc2ccc(OC)c(F)c2)n1)C1CCCN1. The average molecular weight is 474 g/mol. The van der Waals surface area contributed by atoms with Crippen LogP contribution in [0.4, 0.5) is 27.9 Å². The third kappa shape index (κ3) is 6.44. The third-order valence-electron chi connectivity index (χ3n) is 6.69. The number of benzene rings is 1. The summed E-state index contributed by atoms with van der Waals surface area (Å²) in [4.78, 5) is 13.7. The Morgan fingerprint density at radius 3 is 2.68 bits per heavy atom. The molecule has 1 saturated carbocycles. The molecule has 1 aromatic carbocycles. The van der Waals surface area contributed by atoms with E-state index < -0.39 is 5.82 Å². The summed E-state index contributed by atoms with van der Waals surface area (Å²) in [5, 5.41) is 23.4. The molecule has 0 amide bonds. The summed E-state index contributed by atoms with van der Waals surface area (Å²) in [6.07, 6.45) is 6.72. The maximum atomic E-state index is 14.2. The number of methoxy groups -OCH3 is 1. The van der Waals surface area contributed by atoms with Gasteiger partial charge in [0.1, 0.15) is 0 Å². The van der Waals surface area contributed by atoms with Crippen LogP contribution in [0.1, 0.15) is 51.9 Å². The van der Waals surface area contributed by atoms with Crippen LogP contribution in [-0.4, -0.2) is 58.4 Å². The summed E-state index contributed by atoms with van der Waals surface area (Å²) in [6, 6.07) is 5.19. The number of nitrogens with one attached hydrogen (secondary N) is 4. The van der Waals surface area contributed by atoms with E-state index in [1.165, 1.54) is 13.2 Å². The molecule has 4 rings (SSSR count). The van der Waals surface area contributed by atoms with E-state index in [1.807, 2.05) is 0 Å². The Balaban J connectivity index is 1.52. The molecule has 4 atom stereocenters. The van der Waals surface area contributed by atoms with E-state index in [-0.39, 0.29) is 17.9 Å². The minimum Gasteiger partial charge on any atom is -0.494 e. The molecule has 5 N–H and O–H groups in total. The van der Waals surface area contributed by atoms with Gasteiger partial charge in [-0.2, -0.15) is 15.0 Å². The second-order valence-corrected chi connectivity index (χ2v) is 9.21. The third-order valence-corrected chi connectivity index (χ3v) is 6.69. The molecule has 2 heterocycles. The number of aromatic nitrogens is 3. The van der Waals surface area contributed by atoms with Crippen molar-refractivity contribution in [3.63, 3.8) is 0 Å². The van der Waals surface area contributed by atoms with Gasteiger partial charge in [-0.1, -0.05) is 13.3 Å². The van der Waals surface area contributed by atoms with E-state index in [0.717, 1.165) is 51.5 Å². The molecular weight excluding hydrogens is 437 g/mol. The summed E-state index contributed by atoms with van der Waals surface area (Å²) in [7, 11) is 1.43. The van der Waals surface area contributed by atoms with Gasteiger partial charge in [-0.25, -0.2) is 4.39 Å². The fourth-order valence-corrected chi connectivity index (χ4v) is 4.84. The Bertz CT molecular complexity index is 942. The molecule has 186 valence electrons. The number of aliphatic hydroxyl groups excluding tert-OH is 1. The first kappa shape index (κ1) is 24.4. The van der Waals surface area contributed by atoms with Crippen LogP contribution < -0.4 is 26.0 Å². The number of anilines is 4. The summed E-state index contributed by atoms with van der Waals surface area (Å²) < 4.78 is 19.2. The minimum atomic E-state index is -0.465. The lowest BCUT2D eigenvalue weighted by atomic mass is 9.87.